The van der Waals surface area contributed by atoms with E-state index < -0.39 is 0 Å². The van der Waals surface area contributed by atoms with E-state index in [0.29, 0.717) is 5.56 Å². The van der Waals surface area contributed by atoms with Crippen LogP contribution >= 0.6 is 11.8 Å². The van der Waals surface area contributed by atoms with E-state index in [4.69, 9.17) is 0 Å². The van der Waals surface area contributed by atoms with Crippen LogP contribution in [0.2, 0.25) is 0 Å². The summed E-state index contributed by atoms with van der Waals surface area (Å²) < 4.78 is 0. The molecule has 0 spiro atoms. The van der Waals surface area contributed by atoms with E-state index in [1.54, 1.807) is 18.0 Å². The maximum atomic E-state index is 12.4. The molecule has 6 heteroatoms. The van der Waals surface area contributed by atoms with Gasteiger partial charge in [0.25, 0.3) is 5.91 Å². The number of hydrogen-bond acceptors (Lipinski definition) is 5. The summed E-state index contributed by atoms with van der Waals surface area (Å²) >= 11 is 1.70. The second-order valence-corrected chi connectivity index (χ2v) is 8.65. The number of amides is 1. The minimum Gasteiger partial charge on any atom is -0.369 e. The quantitative estimate of drug-likeness (QED) is 0.331. The van der Waals surface area contributed by atoms with Crippen molar-refractivity contribution < 1.29 is 4.79 Å². The summed E-state index contributed by atoms with van der Waals surface area (Å²) in [6, 6.07) is 26.4. The van der Waals surface area contributed by atoms with Crippen molar-refractivity contribution in [1.82, 2.24) is 10.3 Å². The number of anilines is 1. The van der Waals surface area contributed by atoms with Crippen molar-refractivity contribution in [3.05, 3.63) is 95.6 Å². The average Bonchev–Trinajstić information content (AvgIpc) is 2.86. The number of rotatable bonds is 7. The van der Waals surface area contributed by atoms with Crippen molar-refractivity contribution in [2.45, 2.75) is 11.4 Å². The van der Waals surface area contributed by atoms with Crippen LogP contribution in [0, 0.1) is 0 Å². The van der Waals surface area contributed by atoms with Crippen molar-refractivity contribution in [3.63, 3.8) is 0 Å². The molecule has 1 saturated heterocycles. The largest absolute Gasteiger partial charge is 0.369 e. The Bertz CT molecular complexity index is 1030. The van der Waals surface area contributed by atoms with Gasteiger partial charge in [0.1, 0.15) is 0 Å². The molecule has 5 nitrogen and oxygen atoms in total. The summed E-state index contributed by atoms with van der Waals surface area (Å²) in [7, 11) is 0. The number of piperazine rings is 1. The Morgan fingerprint density at radius 2 is 1.62 bits per heavy atom. The molecule has 3 aromatic rings. The molecule has 0 unspecified atom stereocenters. The number of hydrogen-bond donors (Lipinski definition) is 1. The molecule has 32 heavy (non-hydrogen) atoms. The van der Waals surface area contributed by atoms with Gasteiger partial charge in [-0.15, -0.1) is 11.8 Å². The van der Waals surface area contributed by atoms with E-state index in [1.807, 2.05) is 54.8 Å². The van der Waals surface area contributed by atoms with Gasteiger partial charge in [-0.05, 0) is 53.8 Å². The van der Waals surface area contributed by atoms with Crippen LogP contribution in [-0.2, 0) is 6.54 Å². The van der Waals surface area contributed by atoms with Gasteiger partial charge >= 0.3 is 0 Å². The number of carbonyl (C=O) groups excluding carboxylic acids is 1. The lowest BCUT2D eigenvalue weighted by atomic mass is 10.1. The minimum atomic E-state index is -0.204. The van der Waals surface area contributed by atoms with Crippen LogP contribution in [0.1, 0.15) is 21.5 Å². The minimum absolute atomic E-state index is 0.204. The highest BCUT2D eigenvalue weighted by Crippen LogP contribution is 2.17. The summed E-state index contributed by atoms with van der Waals surface area (Å²) in [6.45, 7) is 5.02. The van der Waals surface area contributed by atoms with Crippen LogP contribution in [0.4, 0.5) is 5.69 Å². The molecule has 0 atom stereocenters. The van der Waals surface area contributed by atoms with Gasteiger partial charge in [0, 0.05) is 48.9 Å². The smallest absolute Gasteiger partial charge is 0.271 e. The Kier molecular flexibility index (Phi) is 7.59. The highest BCUT2D eigenvalue weighted by Gasteiger charge is 2.17. The highest BCUT2D eigenvalue weighted by atomic mass is 32.2. The lowest BCUT2D eigenvalue weighted by Crippen LogP contribution is -2.45. The van der Waals surface area contributed by atoms with E-state index in [0.717, 1.165) is 38.3 Å². The Morgan fingerprint density at radius 1 is 0.938 bits per heavy atom. The van der Waals surface area contributed by atoms with E-state index in [2.05, 4.69) is 50.7 Å². The number of hydrazone groups is 1. The van der Waals surface area contributed by atoms with Crippen LogP contribution in [0.3, 0.4) is 0 Å². The van der Waals surface area contributed by atoms with E-state index >= 15 is 0 Å². The standard InChI is InChI=1S/C26H28N4OS/c1-32-25-13-9-21(10-14-25)19-27-28-26(31)23-11-7-22(8-12-23)20-29-15-17-30(18-16-29)24-5-3-2-4-6-24/h2-14,19H,15-18,20H2,1H3,(H,28,31)/b27-19-. The molecule has 1 amide bonds. The maximum absolute atomic E-state index is 12.4. The van der Waals surface area contributed by atoms with Gasteiger partial charge < -0.3 is 4.90 Å². The Labute approximate surface area is 194 Å². The van der Waals surface area contributed by atoms with Gasteiger partial charge in [-0.3, -0.25) is 9.69 Å². The lowest BCUT2D eigenvalue weighted by Gasteiger charge is -2.36. The van der Waals surface area contributed by atoms with Gasteiger partial charge in [-0.25, -0.2) is 5.43 Å². The first-order valence-electron chi connectivity index (χ1n) is 10.8. The van der Waals surface area contributed by atoms with Crippen LogP contribution in [-0.4, -0.2) is 49.5 Å². The zero-order valence-electron chi connectivity index (χ0n) is 18.3. The predicted octanol–water partition coefficient (Wildman–Crippen LogP) is 4.49. The molecule has 0 radical (unpaired) electrons. The molecule has 3 aromatic carbocycles. The molecule has 0 saturated carbocycles. The van der Waals surface area contributed by atoms with E-state index in [9.17, 15) is 4.79 Å². The van der Waals surface area contributed by atoms with Crippen molar-refractivity contribution in [3.8, 4) is 0 Å². The van der Waals surface area contributed by atoms with Crippen molar-refractivity contribution in [1.29, 1.82) is 0 Å². The van der Waals surface area contributed by atoms with Gasteiger partial charge in [-0.2, -0.15) is 5.10 Å². The molecular weight excluding hydrogens is 416 g/mol. The molecule has 1 aliphatic heterocycles. The molecule has 0 aliphatic carbocycles. The first-order valence-corrected chi connectivity index (χ1v) is 12.0. The molecule has 1 N–H and O–H groups in total. The normalized spacial score (nSPS) is 14.6. The fraction of sp³-hybridized carbons (Fsp3) is 0.231. The molecular formula is C26H28N4OS. The number of thioether (sulfide) groups is 1. The first kappa shape index (κ1) is 22.1. The Morgan fingerprint density at radius 3 is 2.28 bits per heavy atom. The number of benzene rings is 3. The molecule has 0 bridgehead atoms. The number of para-hydroxylation sites is 1. The van der Waals surface area contributed by atoms with Crippen LogP contribution in [0.5, 0.6) is 0 Å². The zero-order valence-corrected chi connectivity index (χ0v) is 19.1. The fourth-order valence-electron chi connectivity index (χ4n) is 3.74. The number of carbonyl (C=O) groups is 1. The third-order valence-corrected chi connectivity index (χ3v) is 6.36. The Balaban J connectivity index is 1.24. The summed E-state index contributed by atoms with van der Waals surface area (Å²) in [5, 5.41) is 4.08. The summed E-state index contributed by atoms with van der Waals surface area (Å²) in [5.74, 6) is -0.204. The summed E-state index contributed by atoms with van der Waals surface area (Å²) in [4.78, 5) is 18.5. The van der Waals surface area contributed by atoms with Gasteiger partial charge in [0.05, 0.1) is 6.21 Å². The third kappa shape index (κ3) is 5.99. The monoisotopic (exact) mass is 444 g/mol. The Hall–Kier alpha value is -3.09. The first-order chi connectivity index (χ1) is 15.7. The zero-order chi connectivity index (χ0) is 22.2. The van der Waals surface area contributed by atoms with E-state index in [-0.39, 0.29) is 5.91 Å². The van der Waals surface area contributed by atoms with Crippen LogP contribution in [0.15, 0.2) is 88.9 Å². The van der Waals surface area contributed by atoms with Crippen LogP contribution < -0.4 is 10.3 Å². The van der Waals surface area contributed by atoms with E-state index in [1.165, 1.54) is 16.1 Å². The fourth-order valence-corrected chi connectivity index (χ4v) is 4.15. The lowest BCUT2D eigenvalue weighted by molar-refractivity contribution is 0.0955. The molecule has 1 fully saturated rings. The predicted molar refractivity (Wildman–Crippen MR) is 134 cm³/mol. The molecule has 0 aromatic heterocycles. The van der Waals surface area contributed by atoms with Crippen molar-refractivity contribution in [2.24, 2.45) is 5.10 Å². The second-order valence-electron chi connectivity index (χ2n) is 7.77. The number of nitrogens with one attached hydrogen (secondary N) is 1. The molecule has 1 aliphatic rings. The van der Waals surface area contributed by atoms with Crippen molar-refractivity contribution >= 4 is 29.6 Å². The molecule has 1 heterocycles. The second kappa shape index (κ2) is 11.0. The van der Waals surface area contributed by atoms with Gasteiger partial charge in [0.2, 0.25) is 0 Å². The number of nitrogens with zero attached hydrogens (tertiary/aromatic N) is 3. The molecule has 164 valence electrons. The van der Waals surface area contributed by atoms with Gasteiger partial charge in [-0.1, -0.05) is 42.5 Å². The average molecular weight is 445 g/mol. The van der Waals surface area contributed by atoms with Gasteiger partial charge in [0.15, 0.2) is 0 Å². The summed E-state index contributed by atoms with van der Waals surface area (Å²) in [5.41, 5.74) is 6.67. The third-order valence-electron chi connectivity index (χ3n) is 5.61. The summed E-state index contributed by atoms with van der Waals surface area (Å²) in [6.07, 6.45) is 3.70. The van der Waals surface area contributed by atoms with Crippen LogP contribution in [0.25, 0.3) is 0 Å². The highest BCUT2D eigenvalue weighted by molar-refractivity contribution is 7.98. The van der Waals surface area contributed by atoms with Crippen molar-refractivity contribution in [2.75, 3.05) is 37.3 Å². The topological polar surface area (TPSA) is 47.9 Å². The maximum Gasteiger partial charge on any atom is 0.271 e. The molecule has 4 rings (SSSR count). The SMILES string of the molecule is CSc1ccc(/C=N\NC(=O)c2ccc(CN3CCN(c4ccccc4)CC3)cc2)cc1.